The molecular formula is C44H26N2OS. The third-order valence-electron chi connectivity index (χ3n) is 9.29. The molecular weight excluding hydrogens is 605 g/mol. The van der Waals surface area contributed by atoms with Crippen LogP contribution in [0.2, 0.25) is 0 Å². The highest BCUT2D eigenvalue weighted by molar-refractivity contribution is 7.26. The van der Waals surface area contributed by atoms with Crippen LogP contribution >= 0.6 is 11.3 Å². The summed E-state index contributed by atoms with van der Waals surface area (Å²) in [6.07, 6.45) is 0. The number of hydrogen-bond acceptors (Lipinski definition) is 4. The van der Waals surface area contributed by atoms with Gasteiger partial charge in [0.1, 0.15) is 11.1 Å². The van der Waals surface area contributed by atoms with Crippen molar-refractivity contribution in [3.63, 3.8) is 0 Å². The van der Waals surface area contributed by atoms with Gasteiger partial charge in [0.2, 0.25) is 0 Å². The van der Waals surface area contributed by atoms with Crippen molar-refractivity contribution >= 4 is 64.4 Å². The van der Waals surface area contributed by atoms with E-state index in [9.17, 15) is 0 Å². The maximum Gasteiger partial charge on any atom is 0.161 e. The van der Waals surface area contributed by atoms with Gasteiger partial charge in [-0.2, -0.15) is 0 Å². The standard InChI is InChI=1S/C44H26N2OS/c1-2-11-28(12-3-1)37-25-30(26-38(45-37)35-18-10-17-34-31-13-7-9-20-40(31)48-44(34)35)27-21-23-29(24-22-27)41-32-14-4-5-15-33(32)43-42(46-41)36-16-6-8-19-39(36)47-43/h1-26H. The van der Waals surface area contributed by atoms with Gasteiger partial charge in [-0.25, -0.2) is 9.97 Å². The van der Waals surface area contributed by atoms with Crippen molar-refractivity contribution in [3.8, 4) is 44.9 Å². The van der Waals surface area contributed by atoms with Gasteiger partial charge in [-0.05, 0) is 41.5 Å². The molecule has 0 saturated heterocycles. The molecule has 0 spiro atoms. The Balaban J connectivity index is 1.14. The third kappa shape index (κ3) is 4.27. The Hall–Kier alpha value is -6.10. The molecule has 0 unspecified atom stereocenters. The van der Waals surface area contributed by atoms with Crippen LogP contribution in [0.25, 0.3) is 97.9 Å². The molecule has 0 aliphatic rings. The number of furan rings is 1. The van der Waals surface area contributed by atoms with E-state index in [1.54, 1.807) is 0 Å². The van der Waals surface area contributed by atoms with Crippen molar-refractivity contribution in [1.82, 2.24) is 9.97 Å². The normalized spacial score (nSPS) is 11.8. The molecule has 3 nitrogen and oxygen atoms in total. The van der Waals surface area contributed by atoms with E-state index < -0.39 is 0 Å². The number of nitrogens with zero attached hydrogens (tertiary/aromatic N) is 2. The summed E-state index contributed by atoms with van der Waals surface area (Å²) >= 11 is 1.84. The average Bonchev–Trinajstić information content (AvgIpc) is 3.74. The molecule has 0 fully saturated rings. The second-order valence-corrected chi connectivity index (χ2v) is 13.2. The van der Waals surface area contributed by atoms with Gasteiger partial charge >= 0.3 is 0 Å². The SMILES string of the molecule is c1ccc(-c2cc(-c3ccc(-c4nc5c6ccccc6oc5c5ccccc45)cc3)cc(-c3cccc4c3sc3ccccc34)n2)cc1. The zero-order valence-electron chi connectivity index (χ0n) is 25.7. The Labute approximate surface area is 280 Å². The van der Waals surface area contributed by atoms with Crippen LogP contribution in [-0.4, -0.2) is 9.97 Å². The lowest BCUT2D eigenvalue weighted by molar-refractivity contribution is 0.672. The zero-order chi connectivity index (χ0) is 31.6. The van der Waals surface area contributed by atoms with Crippen LogP contribution in [0.1, 0.15) is 0 Å². The summed E-state index contributed by atoms with van der Waals surface area (Å²) in [5, 5.41) is 5.73. The largest absolute Gasteiger partial charge is 0.454 e. The first kappa shape index (κ1) is 27.1. The van der Waals surface area contributed by atoms with Crippen molar-refractivity contribution in [2.75, 3.05) is 0 Å². The molecule has 0 aliphatic heterocycles. The summed E-state index contributed by atoms with van der Waals surface area (Å²) in [7, 11) is 0. The molecule has 0 saturated carbocycles. The smallest absolute Gasteiger partial charge is 0.161 e. The van der Waals surface area contributed by atoms with Crippen LogP contribution in [0.15, 0.2) is 162 Å². The van der Waals surface area contributed by atoms with Gasteiger partial charge in [0.25, 0.3) is 0 Å². The van der Waals surface area contributed by atoms with Crippen molar-refractivity contribution in [3.05, 3.63) is 158 Å². The monoisotopic (exact) mass is 630 g/mol. The maximum atomic E-state index is 6.30. The van der Waals surface area contributed by atoms with Gasteiger partial charge in [-0.3, -0.25) is 0 Å². The number of rotatable bonds is 4. The minimum atomic E-state index is 0.832. The third-order valence-corrected chi connectivity index (χ3v) is 10.5. The molecule has 0 aliphatic carbocycles. The van der Waals surface area contributed by atoms with E-state index in [1.165, 1.54) is 20.2 Å². The molecule has 10 rings (SSSR count). The predicted octanol–water partition coefficient (Wildman–Crippen LogP) is 12.6. The number of hydrogen-bond donors (Lipinski definition) is 0. The summed E-state index contributed by atoms with van der Waals surface area (Å²) in [5.41, 5.74) is 11.0. The van der Waals surface area contributed by atoms with E-state index in [2.05, 4.69) is 133 Å². The average molecular weight is 631 g/mol. The van der Waals surface area contributed by atoms with E-state index in [-0.39, 0.29) is 0 Å². The highest BCUT2D eigenvalue weighted by Gasteiger charge is 2.17. The van der Waals surface area contributed by atoms with Gasteiger partial charge in [0, 0.05) is 53.0 Å². The molecule has 4 heteroatoms. The minimum absolute atomic E-state index is 0.832. The number of aromatic nitrogens is 2. The second-order valence-electron chi connectivity index (χ2n) is 12.1. The summed E-state index contributed by atoms with van der Waals surface area (Å²) in [4.78, 5) is 10.5. The fourth-order valence-corrected chi connectivity index (χ4v) is 8.19. The molecule has 0 N–H and O–H groups in total. The Morgan fingerprint density at radius 3 is 1.96 bits per heavy atom. The van der Waals surface area contributed by atoms with Crippen LogP contribution in [0.3, 0.4) is 0 Å². The van der Waals surface area contributed by atoms with E-state index in [4.69, 9.17) is 14.4 Å². The fourth-order valence-electron chi connectivity index (χ4n) is 6.97. The lowest BCUT2D eigenvalue weighted by Crippen LogP contribution is -1.92. The lowest BCUT2D eigenvalue weighted by atomic mass is 9.97. The first-order chi connectivity index (χ1) is 23.8. The van der Waals surface area contributed by atoms with Gasteiger partial charge < -0.3 is 4.42 Å². The summed E-state index contributed by atoms with van der Waals surface area (Å²) in [6.45, 7) is 0. The minimum Gasteiger partial charge on any atom is -0.454 e. The van der Waals surface area contributed by atoms with E-state index in [1.807, 2.05) is 35.6 Å². The van der Waals surface area contributed by atoms with Crippen LogP contribution in [0.5, 0.6) is 0 Å². The van der Waals surface area contributed by atoms with Crippen LogP contribution in [0.4, 0.5) is 0 Å². The summed E-state index contributed by atoms with van der Waals surface area (Å²) in [5.74, 6) is 0. The molecule has 4 heterocycles. The molecule has 48 heavy (non-hydrogen) atoms. The van der Waals surface area contributed by atoms with Crippen molar-refractivity contribution in [2.45, 2.75) is 0 Å². The van der Waals surface area contributed by atoms with Gasteiger partial charge in [0.05, 0.1) is 17.1 Å². The second kappa shape index (κ2) is 10.7. The Morgan fingerprint density at radius 2 is 1.10 bits per heavy atom. The molecule has 0 amide bonds. The maximum absolute atomic E-state index is 6.30. The van der Waals surface area contributed by atoms with Crippen LogP contribution in [0, 0.1) is 0 Å². The topological polar surface area (TPSA) is 38.9 Å². The number of fused-ring (bicyclic) bond motifs is 8. The highest BCUT2D eigenvalue weighted by atomic mass is 32.1. The Kier molecular flexibility index (Phi) is 6.05. The summed E-state index contributed by atoms with van der Waals surface area (Å²) < 4.78 is 8.86. The number of thiophene rings is 1. The molecule has 6 aromatic carbocycles. The van der Waals surface area contributed by atoms with Gasteiger partial charge in [-0.15, -0.1) is 11.3 Å². The van der Waals surface area contributed by atoms with E-state index in [0.29, 0.717) is 0 Å². The first-order valence-electron chi connectivity index (χ1n) is 16.1. The Bertz CT molecular complexity index is 2830. The molecule has 10 aromatic rings. The summed E-state index contributed by atoms with van der Waals surface area (Å²) in [6, 6.07) is 55.4. The van der Waals surface area contributed by atoms with E-state index in [0.717, 1.165) is 77.7 Å². The van der Waals surface area contributed by atoms with Crippen molar-refractivity contribution < 1.29 is 4.42 Å². The molecule has 224 valence electrons. The van der Waals surface area contributed by atoms with E-state index >= 15 is 0 Å². The van der Waals surface area contributed by atoms with Gasteiger partial charge in [0.15, 0.2) is 5.58 Å². The quantitative estimate of drug-likeness (QED) is 0.194. The van der Waals surface area contributed by atoms with Crippen molar-refractivity contribution in [1.29, 1.82) is 0 Å². The highest BCUT2D eigenvalue weighted by Crippen LogP contribution is 2.42. The number of benzene rings is 6. The van der Waals surface area contributed by atoms with Crippen LogP contribution < -0.4 is 0 Å². The molecule has 0 radical (unpaired) electrons. The molecule has 0 bridgehead atoms. The lowest BCUT2D eigenvalue weighted by Gasteiger charge is -2.12. The molecule has 4 aromatic heterocycles. The fraction of sp³-hybridized carbons (Fsp3) is 0. The van der Waals surface area contributed by atoms with Gasteiger partial charge in [-0.1, -0.05) is 127 Å². The number of para-hydroxylation sites is 1. The van der Waals surface area contributed by atoms with Crippen molar-refractivity contribution in [2.24, 2.45) is 0 Å². The number of pyridine rings is 2. The van der Waals surface area contributed by atoms with Crippen LogP contribution in [-0.2, 0) is 0 Å². The first-order valence-corrected chi connectivity index (χ1v) is 16.9. The Morgan fingerprint density at radius 1 is 0.438 bits per heavy atom. The molecule has 0 atom stereocenters. The predicted molar refractivity (Wildman–Crippen MR) is 201 cm³/mol. The zero-order valence-corrected chi connectivity index (χ0v) is 26.5.